The van der Waals surface area contributed by atoms with Crippen LogP contribution in [0.25, 0.3) is 0 Å². The number of thioether (sulfide) groups is 2. The van der Waals surface area contributed by atoms with E-state index >= 15 is 0 Å². The maximum atomic E-state index is 11.2. The largest absolute Gasteiger partial charge is 0.344 e. The van der Waals surface area contributed by atoms with Crippen LogP contribution >= 0.6 is 35.1 Å². The minimum Gasteiger partial charge on any atom is -0.258 e. The van der Waals surface area contributed by atoms with Crippen molar-refractivity contribution in [3.63, 3.8) is 0 Å². The second kappa shape index (κ2) is 11.9. The van der Waals surface area contributed by atoms with Gasteiger partial charge in [0.25, 0.3) is 5.70 Å². The Morgan fingerprint density at radius 3 is 1.86 bits per heavy atom. The summed E-state index contributed by atoms with van der Waals surface area (Å²) >= 11 is 8.15. The fourth-order valence-electron chi connectivity index (χ4n) is 1.16. The lowest BCUT2D eigenvalue weighted by Crippen LogP contribution is -2.02. The van der Waals surface area contributed by atoms with Gasteiger partial charge in [0.15, 0.2) is 0 Å². The Hall–Kier alpha value is -0.730. The first-order valence-electron chi connectivity index (χ1n) is 6.59. The summed E-state index contributed by atoms with van der Waals surface area (Å²) in [5.74, 6) is 1.48. The third-order valence-electron chi connectivity index (χ3n) is 2.30. The number of rotatable bonds is 11. The zero-order chi connectivity index (χ0) is 16.3. The van der Waals surface area contributed by atoms with E-state index in [1.54, 1.807) is 0 Å². The van der Waals surface area contributed by atoms with E-state index in [4.69, 9.17) is 11.6 Å². The van der Waals surface area contributed by atoms with Gasteiger partial charge >= 0.3 is 5.16 Å². The fraction of sp³-hybridized carbons (Fsp3) is 0.667. The molecule has 0 saturated carbocycles. The minimum absolute atomic E-state index is 0.293. The number of halogens is 1. The molecule has 0 aliphatic carbocycles. The Morgan fingerprint density at radius 1 is 1.05 bits per heavy atom. The van der Waals surface area contributed by atoms with Crippen molar-refractivity contribution in [1.29, 1.82) is 0 Å². The lowest BCUT2D eigenvalue weighted by atomic mass is 10.4. The third-order valence-corrected chi connectivity index (χ3v) is 5.18. The van der Waals surface area contributed by atoms with Gasteiger partial charge in [-0.3, -0.25) is 20.2 Å². The molecule has 0 aromatic heterocycles. The highest BCUT2D eigenvalue weighted by atomic mass is 35.5. The van der Waals surface area contributed by atoms with Crippen LogP contribution in [0.3, 0.4) is 0 Å². The fourth-order valence-corrected chi connectivity index (χ4v) is 3.90. The van der Waals surface area contributed by atoms with Crippen molar-refractivity contribution < 1.29 is 9.85 Å². The molecule has 0 bridgehead atoms. The van der Waals surface area contributed by atoms with Gasteiger partial charge in [-0.15, -0.1) is 23.5 Å². The molecule has 0 heterocycles. The number of nitrogens with zero attached hydrogens (tertiary/aromatic N) is 2. The maximum absolute atomic E-state index is 11.2. The van der Waals surface area contributed by atoms with E-state index in [0.29, 0.717) is 4.24 Å². The highest BCUT2D eigenvalue weighted by molar-refractivity contribution is 8.22. The van der Waals surface area contributed by atoms with Crippen molar-refractivity contribution >= 4 is 35.1 Å². The SMILES string of the molecule is CCCCSC(SCCCC)=C(/C=C(/Cl)[N+](=O)[O-])[N+](=O)[O-]. The third kappa shape index (κ3) is 9.00. The number of allylic oxidation sites excluding steroid dienone is 1. The predicted molar refractivity (Wildman–Crippen MR) is 89.7 cm³/mol. The van der Waals surface area contributed by atoms with Crippen molar-refractivity contribution in [3.8, 4) is 0 Å². The van der Waals surface area contributed by atoms with Gasteiger partial charge in [0, 0.05) is 0 Å². The van der Waals surface area contributed by atoms with Crippen LogP contribution in [0.1, 0.15) is 39.5 Å². The summed E-state index contributed by atoms with van der Waals surface area (Å²) in [6.07, 6.45) is 4.66. The van der Waals surface area contributed by atoms with Crippen molar-refractivity contribution in [2.45, 2.75) is 39.5 Å². The molecule has 0 saturated heterocycles. The van der Waals surface area contributed by atoms with E-state index in [9.17, 15) is 20.2 Å². The molecule has 0 aliphatic rings. The number of hydrogen-bond donors (Lipinski definition) is 0. The Morgan fingerprint density at radius 2 is 1.52 bits per heavy atom. The molecule has 0 unspecified atom stereocenters. The van der Waals surface area contributed by atoms with Crippen LogP contribution in [-0.2, 0) is 0 Å². The monoisotopic (exact) mass is 354 g/mol. The summed E-state index contributed by atoms with van der Waals surface area (Å²) < 4.78 is 0.488. The van der Waals surface area contributed by atoms with Gasteiger partial charge < -0.3 is 0 Å². The normalized spacial score (nSPS) is 11.3. The molecule has 9 heteroatoms. The summed E-state index contributed by atoms with van der Waals surface area (Å²) in [7, 11) is 0. The average Bonchev–Trinajstić information content (AvgIpc) is 2.43. The Kier molecular flexibility index (Phi) is 11.5. The van der Waals surface area contributed by atoms with Crippen LogP contribution in [0, 0.1) is 20.2 Å². The van der Waals surface area contributed by atoms with E-state index < -0.39 is 15.0 Å². The van der Waals surface area contributed by atoms with Gasteiger partial charge in [-0.25, -0.2) is 0 Å². The molecular weight excluding hydrogens is 336 g/mol. The van der Waals surface area contributed by atoms with Crippen molar-refractivity contribution in [3.05, 3.63) is 41.4 Å². The lowest BCUT2D eigenvalue weighted by Gasteiger charge is -2.06. The van der Waals surface area contributed by atoms with Crippen LogP contribution in [0.2, 0.25) is 0 Å². The Labute approximate surface area is 137 Å². The first kappa shape index (κ1) is 20.3. The van der Waals surface area contributed by atoms with Crippen LogP contribution < -0.4 is 0 Å². The van der Waals surface area contributed by atoms with Gasteiger partial charge in [-0.2, -0.15) is 0 Å². The highest BCUT2D eigenvalue weighted by Crippen LogP contribution is 2.34. The van der Waals surface area contributed by atoms with Gasteiger partial charge in [-0.1, -0.05) is 26.7 Å². The van der Waals surface area contributed by atoms with Gasteiger partial charge in [0.2, 0.25) is 0 Å². The standard InChI is InChI=1S/C12H19ClN2O4S2/c1-3-5-7-20-12(21-8-6-4-2)10(14(16)17)9-11(13)15(18)19/h9H,3-8H2,1-2H3/b11-9-. The maximum Gasteiger partial charge on any atom is 0.344 e. The quantitative estimate of drug-likeness (QED) is 0.173. The first-order chi connectivity index (χ1) is 9.93. The molecule has 0 fully saturated rings. The minimum atomic E-state index is -0.837. The number of unbranched alkanes of at least 4 members (excludes halogenated alkanes) is 2. The number of hydrogen-bond acceptors (Lipinski definition) is 6. The Balaban J connectivity index is 5.30. The van der Waals surface area contributed by atoms with E-state index in [1.165, 1.54) is 23.5 Å². The molecule has 0 rings (SSSR count). The molecule has 0 amide bonds. The zero-order valence-electron chi connectivity index (χ0n) is 12.0. The smallest absolute Gasteiger partial charge is 0.258 e. The van der Waals surface area contributed by atoms with Gasteiger partial charge in [0.1, 0.15) is 10.3 Å². The van der Waals surface area contributed by atoms with E-state index in [2.05, 4.69) is 0 Å². The highest BCUT2D eigenvalue weighted by Gasteiger charge is 2.21. The summed E-state index contributed by atoms with van der Waals surface area (Å²) in [5.41, 5.74) is -0.293. The molecule has 0 aromatic carbocycles. The predicted octanol–water partition coefficient (Wildman–Crippen LogP) is 4.86. The molecule has 0 N–H and O–H groups in total. The first-order valence-corrected chi connectivity index (χ1v) is 8.94. The summed E-state index contributed by atoms with van der Waals surface area (Å²) in [5, 5.41) is 21.0. The molecule has 0 aliphatic heterocycles. The van der Waals surface area contributed by atoms with Crippen molar-refractivity contribution in [2.75, 3.05) is 11.5 Å². The topological polar surface area (TPSA) is 86.3 Å². The van der Waals surface area contributed by atoms with Crippen LogP contribution in [0.5, 0.6) is 0 Å². The molecule has 6 nitrogen and oxygen atoms in total. The van der Waals surface area contributed by atoms with E-state index in [0.717, 1.165) is 43.3 Å². The van der Waals surface area contributed by atoms with E-state index in [1.807, 2.05) is 13.8 Å². The van der Waals surface area contributed by atoms with Crippen molar-refractivity contribution in [2.24, 2.45) is 0 Å². The molecule has 0 spiro atoms. The van der Waals surface area contributed by atoms with Gasteiger partial charge in [0.05, 0.1) is 9.85 Å². The summed E-state index contributed by atoms with van der Waals surface area (Å²) in [6.45, 7) is 4.07. The summed E-state index contributed by atoms with van der Waals surface area (Å²) in [4.78, 5) is 20.3. The van der Waals surface area contributed by atoms with Crippen LogP contribution in [0.15, 0.2) is 21.2 Å². The summed E-state index contributed by atoms with van der Waals surface area (Å²) in [6, 6.07) is 0. The second-order valence-electron chi connectivity index (χ2n) is 4.06. The molecule has 21 heavy (non-hydrogen) atoms. The Bertz CT molecular complexity index is 415. The van der Waals surface area contributed by atoms with Gasteiger partial charge in [-0.05, 0) is 35.9 Å². The molecule has 0 radical (unpaired) electrons. The molecular formula is C12H19ClN2O4S2. The van der Waals surface area contributed by atoms with Crippen LogP contribution in [-0.4, -0.2) is 21.4 Å². The van der Waals surface area contributed by atoms with E-state index in [-0.39, 0.29) is 5.70 Å². The lowest BCUT2D eigenvalue weighted by molar-refractivity contribution is -0.427. The van der Waals surface area contributed by atoms with Crippen molar-refractivity contribution in [1.82, 2.24) is 0 Å². The zero-order valence-corrected chi connectivity index (χ0v) is 14.4. The van der Waals surface area contributed by atoms with Crippen LogP contribution in [0.4, 0.5) is 0 Å². The molecule has 0 aromatic rings. The number of nitro groups is 2. The molecule has 120 valence electrons. The average molecular weight is 355 g/mol. The molecule has 0 atom stereocenters. The second-order valence-corrected chi connectivity index (χ2v) is 6.91.